The van der Waals surface area contributed by atoms with E-state index < -0.39 is 0 Å². The second kappa shape index (κ2) is 13.7. The first-order valence-corrected chi connectivity index (χ1v) is 21.3. The average Bonchev–Trinajstić information content (AvgIpc) is 3.76. The highest BCUT2D eigenvalue weighted by atomic mass is 15.1. The summed E-state index contributed by atoms with van der Waals surface area (Å²) in [5, 5.41) is 7.48. The fourth-order valence-corrected chi connectivity index (χ4v) is 10.1. The largest absolute Gasteiger partial charge is 0.310 e. The molecule has 1 heterocycles. The number of aromatic nitrogens is 1. The molecule has 1 aliphatic carbocycles. The predicted molar refractivity (Wildman–Crippen MR) is 259 cm³/mol. The lowest BCUT2D eigenvalue weighted by Gasteiger charge is -2.28. The molecule has 0 amide bonds. The third kappa shape index (κ3) is 5.64. The molecule has 0 bridgehead atoms. The molecule has 12 rings (SSSR count). The molecule has 0 atom stereocenters. The summed E-state index contributed by atoms with van der Waals surface area (Å²) in [5.41, 5.74) is 17.2. The maximum atomic E-state index is 2.43. The van der Waals surface area contributed by atoms with Gasteiger partial charge in [-0.1, -0.05) is 172 Å². The van der Waals surface area contributed by atoms with E-state index in [1.807, 2.05) is 0 Å². The number of hydrogen-bond donors (Lipinski definition) is 0. The van der Waals surface area contributed by atoms with E-state index in [-0.39, 0.29) is 5.41 Å². The lowest BCUT2D eigenvalue weighted by atomic mass is 9.82. The van der Waals surface area contributed by atoms with Crippen molar-refractivity contribution in [3.63, 3.8) is 0 Å². The van der Waals surface area contributed by atoms with Crippen LogP contribution in [-0.2, 0) is 5.41 Å². The molecule has 288 valence electrons. The first-order chi connectivity index (χ1) is 30.0. The molecule has 11 aromatic rings. The summed E-state index contributed by atoms with van der Waals surface area (Å²) in [4.78, 5) is 2.41. The van der Waals surface area contributed by atoms with Gasteiger partial charge < -0.3 is 9.47 Å². The molecule has 0 radical (unpaired) electrons. The van der Waals surface area contributed by atoms with Crippen LogP contribution in [0.1, 0.15) is 25.0 Å². The average molecular weight is 779 g/mol. The van der Waals surface area contributed by atoms with Crippen molar-refractivity contribution in [1.82, 2.24) is 4.57 Å². The molecule has 2 heteroatoms. The van der Waals surface area contributed by atoms with Crippen molar-refractivity contribution in [3.05, 3.63) is 230 Å². The highest BCUT2D eigenvalue weighted by Crippen LogP contribution is 2.51. The van der Waals surface area contributed by atoms with E-state index in [2.05, 4.69) is 242 Å². The normalized spacial score (nSPS) is 12.9. The number of fused-ring (bicyclic) bond motifs is 8. The predicted octanol–water partition coefficient (Wildman–Crippen LogP) is 16.2. The standard InChI is InChI=1S/C59H42N2/c1-59(2)54-19-9-7-17-50(54)51-34-33-48(38-55(51)59)60(47-32-28-39-12-3-4-14-44(39)36-47)46-30-26-41(27-31-46)40-22-24-42(25-23-40)45-29-35-58-53(37-45)52-18-8-10-20-57(52)61(58)56-21-11-15-43-13-5-6-16-49(43)56/h3-38H,1-2H3. The number of para-hydroxylation sites is 1. The van der Waals surface area contributed by atoms with Gasteiger partial charge in [0.1, 0.15) is 0 Å². The van der Waals surface area contributed by atoms with E-state index in [0.717, 1.165) is 17.1 Å². The molecule has 2 nitrogen and oxygen atoms in total. The maximum Gasteiger partial charge on any atom is 0.0541 e. The van der Waals surface area contributed by atoms with Gasteiger partial charge in [0.15, 0.2) is 0 Å². The fourth-order valence-electron chi connectivity index (χ4n) is 10.1. The van der Waals surface area contributed by atoms with Gasteiger partial charge in [-0.2, -0.15) is 0 Å². The number of benzene rings is 10. The molecule has 0 saturated heterocycles. The van der Waals surface area contributed by atoms with E-state index in [9.17, 15) is 0 Å². The molecule has 0 unspecified atom stereocenters. The Morgan fingerprint density at radius 1 is 0.344 bits per heavy atom. The molecule has 1 aliphatic rings. The molecule has 1 aromatic heterocycles. The summed E-state index contributed by atoms with van der Waals surface area (Å²) in [5.74, 6) is 0. The summed E-state index contributed by atoms with van der Waals surface area (Å²) in [6.45, 7) is 4.71. The van der Waals surface area contributed by atoms with E-state index in [1.54, 1.807) is 0 Å². The van der Waals surface area contributed by atoms with Gasteiger partial charge in [0.25, 0.3) is 0 Å². The molecule has 0 saturated carbocycles. The monoisotopic (exact) mass is 778 g/mol. The van der Waals surface area contributed by atoms with Crippen LogP contribution in [0.15, 0.2) is 218 Å². The van der Waals surface area contributed by atoms with Crippen LogP contribution in [0, 0.1) is 0 Å². The van der Waals surface area contributed by atoms with Gasteiger partial charge in [-0.3, -0.25) is 0 Å². The molecule has 10 aromatic carbocycles. The quantitative estimate of drug-likeness (QED) is 0.163. The fraction of sp³-hybridized carbons (Fsp3) is 0.0508. The van der Waals surface area contributed by atoms with Crippen molar-refractivity contribution in [1.29, 1.82) is 0 Å². The Labute approximate surface area is 356 Å². The lowest BCUT2D eigenvalue weighted by Crippen LogP contribution is -2.16. The number of hydrogen-bond acceptors (Lipinski definition) is 1. The Hall–Kier alpha value is -7.68. The third-order valence-corrected chi connectivity index (χ3v) is 13.2. The summed E-state index contributed by atoms with van der Waals surface area (Å²) in [7, 11) is 0. The van der Waals surface area contributed by atoms with Crippen LogP contribution in [-0.4, -0.2) is 4.57 Å². The van der Waals surface area contributed by atoms with E-state index in [0.29, 0.717) is 0 Å². The van der Waals surface area contributed by atoms with Crippen molar-refractivity contribution < 1.29 is 0 Å². The van der Waals surface area contributed by atoms with Crippen molar-refractivity contribution in [2.75, 3.05) is 4.90 Å². The zero-order valence-corrected chi connectivity index (χ0v) is 34.2. The zero-order chi connectivity index (χ0) is 40.7. The van der Waals surface area contributed by atoms with Gasteiger partial charge in [-0.05, 0) is 121 Å². The van der Waals surface area contributed by atoms with Gasteiger partial charge in [-0.15, -0.1) is 0 Å². The van der Waals surface area contributed by atoms with Gasteiger partial charge in [-0.25, -0.2) is 0 Å². The molecule has 0 N–H and O–H groups in total. The first kappa shape index (κ1) is 35.3. The van der Waals surface area contributed by atoms with E-state index >= 15 is 0 Å². The lowest BCUT2D eigenvalue weighted by molar-refractivity contribution is 0.660. The topological polar surface area (TPSA) is 8.17 Å². The molecular formula is C59H42N2. The van der Waals surface area contributed by atoms with Gasteiger partial charge >= 0.3 is 0 Å². The van der Waals surface area contributed by atoms with Gasteiger partial charge in [0, 0.05) is 38.6 Å². The third-order valence-electron chi connectivity index (χ3n) is 13.2. The van der Waals surface area contributed by atoms with Crippen LogP contribution in [0.25, 0.3) is 82.4 Å². The van der Waals surface area contributed by atoms with Crippen LogP contribution >= 0.6 is 0 Å². The SMILES string of the molecule is CC1(C)c2ccccc2-c2ccc(N(c3ccc(-c4ccc(-c5ccc6c(c5)c5ccccc5n6-c5cccc6ccccc56)cc4)cc3)c3ccc4ccccc4c3)cc21. The Morgan fingerprint density at radius 2 is 0.902 bits per heavy atom. The van der Waals surface area contributed by atoms with Crippen LogP contribution in [0.3, 0.4) is 0 Å². The first-order valence-electron chi connectivity index (χ1n) is 21.3. The maximum absolute atomic E-state index is 2.43. The number of nitrogens with zero attached hydrogens (tertiary/aromatic N) is 2. The highest BCUT2D eigenvalue weighted by molar-refractivity contribution is 6.11. The summed E-state index contributed by atoms with van der Waals surface area (Å²) in [6.07, 6.45) is 0. The Morgan fingerprint density at radius 3 is 1.72 bits per heavy atom. The summed E-state index contributed by atoms with van der Waals surface area (Å²) >= 11 is 0. The van der Waals surface area contributed by atoms with Crippen LogP contribution in [0.2, 0.25) is 0 Å². The van der Waals surface area contributed by atoms with Crippen LogP contribution in [0.5, 0.6) is 0 Å². The van der Waals surface area contributed by atoms with E-state index in [4.69, 9.17) is 0 Å². The molecular weight excluding hydrogens is 737 g/mol. The molecule has 0 aliphatic heterocycles. The smallest absolute Gasteiger partial charge is 0.0541 e. The van der Waals surface area contributed by atoms with Crippen molar-refractivity contribution in [2.24, 2.45) is 0 Å². The zero-order valence-electron chi connectivity index (χ0n) is 34.2. The molecule has 0 fully saturated rings. The molecule has 0 spiro atoms. The number of rotatable bonds is 6. The minimum absolute atomic E-state index is 0.0882. The second-order valence-electron chi connectivity index (χ2n) is 17.0. The Bertz CT molecular complexity index is 3490. The highest BCUT2D eigenvalue weighted by Gasteiger charge is 2.35. The van der Waals surface area contributed by atoms with Crippen LogP contribution in [0.4, 0.5) is 17.1 Å². The van der Waals surface area contributed by atoms with Crippen LogP contribution < -0.4 is 4.90 Å². The summed E-state index contributed by atoms with van der Waals surface area (Å²) < 4.78 is 2.43. The van der Waals surface area contributed by atoms with Crippen molar-refractivity contribution >= 4 is 60.4 Å². The van der Waals surface area contributed by atoms with Gasteiger partial charge in [0.2, 0.25) is 0 Å². The Kier molecular flexibility index (Phi) is 7.92. The minimum atomic E-state index is -0.0882. The summed E-state index contributed by atoms with van der Waals surface area (Å²) in [6, 6.07) is 80.4. The van der Waals surface area contributed by atoms with Crippen molar-refractivity contribution in [2.45, 2.75) is 19.3 Å². The van der Waals surface area contributed by atoms with Crippen molar-refractivity contribution in [3.8, 4) is 39.1 Å². The number of anilines is 3. The minimum Gasteiger partial charge on any atom is -0.310 e. The second-order valence-corrected chi connectivity index (χ2v) is 17.0. The Balaban J connectivity index is 0.895. The molecule has 61 heavy (non-hydrogen) atoms. The van der Waals surface area contributed by atoms with Gasteiger partial charge in [0.05, 0.1) is 16.7 Å². The van der Waals surface area contributed by atoms with E-state index in [1.165, 1.54) is 93.5 Å².